The highest BCUT2D eigenvalue weighted by Crippen LogP contribution is 2.35. The molecular formula is C31H33N5O5. The second-order valence-electron chi connectivity index (χ2n) is 11.7. The van der Waals surface area contributed by atoms with E-state index >= 15 is 0 Å². The largest absolute Gasteiger partial charge is 0.457 e. The van der Waals surface area contributed by atoms with Crippen molar-refractivity contribution < 1.29 is 23.5 Å². The minimum absolute atomic E-state index is 0.0799. The summed E-state index contributed by atoms with van der Waals surface area (Å²) in [4.78, 5) is 40.9. The van der Waals surface area contributed by atoms with Crippen LogP contribution in [0.1, 0.15) is 66.8 Å². The van der Waals surface area contributed by atoms with E-state index in [0.717, 1.165) is 50.8 Å². The first-order chi connectivity index (χ1) is 20.0. The van der Waals surface area contributed by atoms with Crippen LogP contribution in [0.4, 0.5) is 0 Å². The number of carbonyl (C=O) groups excluding carboxylic acids is 3. The Morgan fingerprint density at radius 2 is 1.85 bits per heavy atom. The molecule has 10 nitrogen and oxygen atoms in total. The lowest BCUT2D eigenvalue weighted by Gasteiger charge is -2.19. The molecule has 10 heteroatoms. The minimum atomic E-state index is -0.0799. The Kier molecular flexibility index (Phi) is 6.68. The third-order valence-electron chi connectivity index (χ3n) is 8.26. The Hall–Kier alpha value is -4.21. The summed E-state index contributed by atoms with van der Waals surface area (Å²) in [6.45, 7) is 1.92. The normalized spacial score (nSPS) is 20.6. The smallest absolute Gasteiger partial charge is 0.251 e. The molecule has 0 radical (unpaired) electrons. The molecule has 3 heterocycles. The van der Waals surface area contributed by atoms with Gasteiger partial charge in [-0.25, -0.2) is 0 Å². The second kappa shape index (κ2) is 10.6. The van der Waals surface area contributed by atoms with Crippen molar-refractivity contribution in [2.75, 3.05) is 13.1 Å². The van der Waals surface area contributed by atoms with Gasteiger partial charge in [-0.1, -0.05) is 6.07 Å². The molecule has 0 spiro atoms. The van der Waals surface area contributed by atoms with Gasteiger partial charge in [0.2, 0.25) is 23.6 Å². The molecule has 212 valence electrons. The molecule has 2 saturated heterocycles. The summed E-state index contributed by atoms with van der Waals surface area (Å²) >= 11 is 0. The Bertz CT molecular complexity index is 1480. The molecule has 2 aliphatic carbocycles. The zero-order chi connectivity index (χ0) is 27.9. The molecule has 2 saturated carbocycles. The van der Waals surface area contributed by atoms with Crippen LogP contribution in [-0.4, -0.2) is 62.9 Å². The van der Waals surface area contributed by atoms with Crippen molar-refractivity contribution in [2.45, 2.75) is 70.0 Å². The van der Waals surface area contributed by atoms with Crippen molar-refractivity contribution >= 4 is 17.7 Å². The molecule has 2 aliphatic heterocycles. The van der Waals surface area contributed by atoms with Gasteiger partial charge >= 0.3 is 0 Å². The molecule has 2 aromatic carbocycles. The maximum absolute atomic E-state index is 12.4. The Morgan fingerprint density at radius 1 is 1.02 bits per heavy atom. The van der Waals surface area contributed by atoms with Crippen LogP contribution in [-0.2, 0) is 22.6 Å². The zero-order valence-corrected chi connectivity index (χ0v) is 22.9. The average molecular weight is 556 g/mol. The fraction of sp³-hybridized carbons (Fsp3) is 0.452. The van der Waals surface area contributed by atoms with E-state index in [0.29, 0.717) is 72.3 Å². The predicted molar refractivity (Wildman–Crippen MR) is 148 cm³/mol. The Morgan fingerprint density at radius 3 is 2.59 bits per heavy atom. The summed E-state index contributed by atoms with van der Waals surface area (Å²) < 4.78 is 12.3. The van der Waals surface area contributed by atoms with Crippen molar-refractivity contribution in [1.82, 2.24) is 25.3 Å². The summed E-state index contributed by atoms with van der Waals surface area (Å²) in [6, 6.07) is 13.5. The molecule has 7 rings (SSSR count). The van der Waals surface area contributed by atoms with E-state index in [1.54, 1.807) is 24.3 Å². The molecule has 0 bridgehead atoms. The molecule has 41 heavy (non-hydrogen) atoms. The first-order valence-corrected chi connectivity index (χ1v) is 14.6. The number of likely N-dealkylation sites (tertiary alicyclic amines) is 2. The first-order valence-electron chi connectivity index (χ1n) is 14.6. The maximum Gasteiger partial charge on any atom is 0.251 e. The second-order valence-corrected chi connectivity index (χ2v) is 11.7. The monoisotopic (exact) mass is 555 g/mol. The predicted octanol–water partition coefficient (Wildman–Crippen LogP) is 4.10. The molecule has 1 aromatic heterocycles. The van der Waals surface area contributed by atoms with Crippen molar-refractivity contribution in [3.05, 3.63) is 59.5 Å². The van der Waals surface area contributed by atoms with Crippen LogP contribution in [0.5, 0.6) is 11.5 Å². The number of nitrogens with zero attached hydrogens (tertiary/aromatic N) is 4. The summed E-state index contributed by atoms with van der Waals surface area (Å²) in [7, 11) is 0. The van der Waals surface area contributed by atoms with Gasteiger partial charge in [-0.15, -0.1) is 10.2 Å². The third kappa shape index (κ3) is 5.82. The van der Waals surface area contributed by atoms with E-state index < -0.39 is 0 Å². The van der Waals surface area contributed by atoms with Gasteiger partial charge in [0, 0.05) is 67.7 Å². The van der Waals surface area contributed by atoms with Gasteiger partial charge in [0.15, 0.2) is 0 Å². The Balaban J connectivity index is 1.09. The van der Waals surface area contributed by atoms with E-state index in [-0.39, 0.29) is 23.6 Å². The molecular weight excluding hydrogens is 522 g/mol. The van der Waals surface area contributed by atoms with Crippen LogP contribution in [0.3, 0.4) is 0 Å². The van der Waals surface area contributed by atoms with Crippen LogP contribution in [0.2, 0.25) is 0 Å². The number of carbonyl (C=O) groups is 3. The quantitative estimate of drug-likeness (QED) is 0.400. The number of rotatable bonds is 10. The number of ether oxygens (including phenoxy) is 1. The number of hydrogen-bond acceptors (Lipinski definition) is 7. The zero-order valence-electron chi connectivity index (χ0n) is 22.9. The standard InChI is InChI=1S/C31H33N5O5/c37-28-2-1-13-35(28)18-22-4-3-21(16-26(22)40-25-11-5-20(6-12-25)30(39)32-23-7-8-23)31-34-33-27(41-31)14-19-15-29(38)36(17-19)24-9-10-24/h3-6,11-12,16,19,23-24H,1-2,7-10,13-15,17-18H2,(H,32,39). The van der Waals surface area contributed by atoms with Gasteiger partial charge in [0.1, 0.15) is 11.5 Å². The lowest BCUT2D eigenvalue weighted by Crippen LogP contribution is -2.27. The van der Waals surface area contributed by atoms with Crippen molar-refractivity contribution in [3.63, 3.8) is 0 Å². The molecule has 3 amide bonds. The van der Waals surface area contributed by atoms with Crippen molar-refractivity contribution in [3.8, 4) is 23.0 Å². The lowest BCUT2D eigenvalue weighted by molar-refractivity contribution is -0.129. The average Bonchev–Trinajstić information content (AvgIpc) is 3.86. The number of benzene rings is 2. The van der Waals surface area contributed by atoms with Gasteiger partial charge in [-0.2, -0.15) is 0 Å². The lowest BCUT2D eigenvalue weighted by atomic mass is 10.1. The van der Waals surface area contributed by atoms with Gasteiger partial charge < -0.3 is 24.3 Å². The summed E-state index contributed by atoms with van der Waals surface area (Å²) in [5.74, 6) is 2.53. The molecule has 4 aliphatic rings. The van der Waals surface area contributed by atoms with Crippen LogP contribution in [0, 0.1) is 5.92 Å². The van der Waals surface area contributed by atoms with Gasteiger partial charge in [-0.05, 0) is 74.4 Å². The highest BCUT2D eigenvalue weighted by Gasteiger charge is 2.39. The van der Waals surface area contributed by atoms with Crippen LogP contribution < -0.4 is 10.1 Å². The topological polar surface area (TPSA) is 118 Å². The highest BCUT2D eigenvalue weighted by atomic mass is 16.5. The third-order valence-corrected chi connectivity index (χ3v) is 8.26. The van der Waals surface area contributed by atoms with E-state index in [9.17, 15) is 14.4 Å². The Labute approximate surface area is 238 Å². The SMILES string of the molecule is O=C(NC1CC1)c1ccc(Oc2cc(-c3nnc(CC4CC(=O)N(C5CC5)C4)o3)ccc2CN2CCCC2=O)cc1. The number of amides is 3. The molecule has 1 N–H and O–H groups in total. The van der Waals surface area contributed by atoms with Gasteiger partial charge in [0.05, 0.1) is 0 Å². The maximum atomic E-state index is 12.4. The summed E-state index contributed by atoms with van der Waals surface area (Å²) in [5, 5.41) is 11.6. The van der Waals surface area contributed by atoms with E-state index in [1.807, 2.05) is 28.0 Å². The van der Waals surface area contributed by atoms with E-state index in [2.05, 4.69) is 15.5 Å². The summed E-state index contributed by atoms with van der Waals surface area (Å²) in [5.41, 5.74) is 2.16. The first kappa shape index (κ1) is 25.7. The fourth-order valence-electron chi connectivity index (χ4n) is 5.67. The molecule has 4 fully saturated rings. The molecule has 1 unspecified atom stereocenters. The number of hydrogen-bond donors (Lipinski definition) is 1. The number of aromatic nitrogens is 2. The van der Waals surface area contributed by atoms with E-state index in [4.69, 9.17) is 9.15 Å². The van der Waals surface area contributed by atoms with Crippen LogP contribution >= 0.6 is 0 Å². The van der Waals surface area contributed by atoms with Gasteiger partial charge in [-0.3, -0.25) is 14.4 Å². The fourth-order valence-corrected chi connectivity index (χ4v) is 5.67. The molecule has 1 atom stereocenters. The van der Waals surface area contributed by atoms with E-state index in [1.165, 1.54) is 0 Å². The molecule has 3 aromatic rings. The number of nitrogens with one attached hydrogen (secondary N) is 1. The van der Waals surface area contributed by atoms with Crippen molar-refractivity contribution in [2.24, 2.45) is 5.92 Å². The van der Waals surface area contributed by atoms with Crippen LogP contribution in [0.15, 0.2) is 46.9 Å². The summed E-state index contributed by atoms with van der Waals surface area (Å²) in [6.07, 6.45) is 6.80. The van der Waals surface area contributed by atoms with Crippen LogP contribution in [0.25, 0.3) is 11.5 Å². The minimum Gasteiger partial charge on any atom is -0.457 e. The van der Waals surface area contributed by atoms with Crippen molar-refractivity contribution in [1.29, 1.82) is 0 Å². The highest BCUT2D eigenvalue weighted by molar-refractivity contribution is 5.94. The van der Waals surface area contributed by atoms with Gasteiger partial charge in [0.25, 0.3) is 5.91 Å².